The van der Waals surface area contributed by atoms with Crippen LogP contribution < -0.4 is 4.74 Å². The third-order valence-corrected chi connectivity index (χ3v) is 3.37. The van der Waals surface area contributed by atoms with E-state index in [0.717, 1.165) is 17.1 Å². The number of ether oxygens (including phenoxy) is 1. The number of rotatable bonds is 5. The molecule has 2 rings (SSSR count). The molecular formula is C14H17ClN2O2. The van der Waals surface area contributed by atoms with Gasteiger partial charge in [-0.2, -0.15) is 5.10 Å². The molecule has 0 amide bonds. The molecule has 19 heavy (non-hydrogen) atoms. The van der Waals surface area contributed by atoms with Gasteiger partial charge < -0.3 is 9.84 Å². The summed E-state index contributed by atoms with van der Waals surface area (Å²) in [5, 5.41) is 14.8. The zero-order chi connectivity index (χ0) is 13.8. The Hall–Kier alpha value is -1.52. The van der Waals surface area contributed by atoms with Gasteiger partial charge in [-0.3, -0.25) is 4.68 Å². The lowest BCUT2D eigenvalue weighted by Gasteiger charge is -2.12. The minimum atomic E-state index is -0.618. The summed E-state index contributed by atoms with van der Waals surface area (Å²) < 4.78 is 7.20. The first kappa shape index (κ1) is 13.9. The summed E-state index contributed by atoms with van der Waals surface area (Å²) in [4.78, 5) is 0. The normalized spacial score (nSPS) is 12.4. The van der Waals surface area contributed by atoms with Crippen molar-refractivity contribution in [1.82, 2.24) is 9.78 Å². The molecule has 102 valence electrons. The van der Waals surface area contributed by atoms with Crippen molar-refractivity contribution in [2.45, 2.75) is 19.4 Å². The number of halogens is 1. The number of benzene rings is 1. The quantitative estimate of drug-likeness (QED) is 0.915. The summed E-state index contributed by atoms with van der Waals surface area (Å²) >= 11 is 6.14. The van der Waals surface area contributed by atoms with E-state index in [1.54, 1.807) is 4.68 Å². The van der Waals surface area contributed by atoms with Crippen LogP contribution in [0, 0.1) is 6.92 Å². The van der Waals surface area contributed by atoms with Gasteiger partial charge in [-0.1, -0.05) is 29.8 Å². The predicted molar refractivity (Wildman–Crippen MR) is 74.6 cm³/mol. The molecule has 0 bridgehead atoms. The van der Waals surface area contributed by atoms with Crippen LogP contribution in [0.2, 0.25) is 5.02 Å². The summed E-state index contributed by atoms with van der Waals surface area (Å²) in [6, 6.07) is 9.41. The average molecular weight is 281 g/mol. The molecule has 0 saturated carbocycles. The highest BCUT2D eigenvalue weighted by Crippen LogP contribution is 2.21. The molecular weight excluding hydrogens is 264 g/mol. The molecule has 5 heteroatoms. The van der Waals surface area contributed by atoms with Gasteiger partial charge >= 0.3 is 0 Å². The van der Waals surface area contributed by atoms with E-state index in [4.69, 9.17) is 16.3 Å². The SMILES string of the molecule is Cc1nn(C)c(CC(O)COc2ccccc2)c1Cl. The first-order valence-corrected chi connectivity index (χ1v) is 6.49. The van der Waals surface area contributed by atoms with Crippen LogP contribution >= 0.6 is 11.6 Å². The fourth-order valence-electron chi connectivity index (χ4n) is 1.89. The summed E-state index contributed by atoms with van der Waals surface area (Å²) in [6.45, 7) is 2.07. The second-order valence-corrected chi connectivity index (χ2v) is 4.83. The maximum Gasteiger partial charge on any atom is 0.119 e. The van der Waals surface area contributed by atoms with Gasteiger partial charge in [0.05, 0.1) is 22.5 Å². The van der Waals surface area contributed by atoms with Crippen molar-refractivity contribution in [1.29, 1.82) is 0 Å². The Morgan fingerprint density at radius 3 is 2.63 bits per heavy atom. The zero-order valence-corrected chi connectivity index (χ0v) is 11.8. The number of aliphatic hydroxyl groups excluding tert-OH is 1. The lowest BCUT2D eigenvalue weighted by Crippen LogP contribution is -2.21. The fraction of sp³-hybridized carbons (Fsp3) is 0.357. The molecule has 4 nitrogen and oxygen atoms in total. The molecule has 1 aromatic carbocycles. The molecule has 0 aliphatic carbocycles. The molecule has 0 aliphatic rings. The minimum absolute atomic E-state index is 0.227. The van der Waals surface area contributed by atoms with E-state index in [0.29, 0.717) is 11.4 Å². The molecule has 1 heterocycles. The smallest absolute Gasteiger partial charge is 0.119 e. The topological polar surface area (TPSA) is 47.3 Å². The number of hydrogen-bond acceptors (Lipinski definition) is 3. The fourth-order valence-corrected chi connectivity index (χ4v) is 2.13. The Morgan fingerprint density at radius 1 is 1.37 bits per heavy atom. The standard InChI is InChI=1S/C14H17ClN2O2/c1-10-14(15)13(17(2)16-10)8-11(18)9-19-12-6-4-3-5-7-12/h3-7,11,18H,8-9H2,1-2H3. The second-order valence-electron chi connectivity index (χ2n) is 4.45. The summed E-state index contributed by atoms with van der Waals surface area (Å²) in [6.07, 6.45) is -0.198. The lowest BCUT2D eigenvalue weighted by molar-refractivity contribution is 0.106. The molecule has 0 fully saturated rings. The Morgan fingerprint density at radius 2 is 2.05 bits per heavy atom. The summed E-state index contributed by atoms with van der Waals surface area (Å²) in [7, 11) is 1.82. The molecule has 0 radical (unpaired) electrons. The van der Waals surface area contributed by atoms with Gasteiger partial charge in [-0.25, -0.2) is 0 Å². The van der Waals surface area contributed by atoms with Gasteiger partial charge in [-0.05, 0) is 19.1 Å². The van der Waals surface area contributed by atoms with Crippen molar-refractivity contribution in [2.75, 3.05) is 6.61 Å². The second kappa shape index (κ2) is 6.08. The molecule has 1 N–H and O–H groups in total. The van der Waals surface area contributed by atoms with Crippen LogP contribution in [0.25, 0.3) is 0 Å². The van der Waals surface area contributed by atoms with Crippen LogP contribution in [-0.2, 0) is 13.5 Å². The zero-order valence-electron chi connectivity index (χ0n) is 11.0. The van der Waals surface area contributed by atoms with Gasteiger partial charge in [0.1, 0.15) is 12.4 Å². The van der Waals surface area contributed by atoms with E-state index in [9.17, 15) is 5.11 Å². The van der Waals surface area contributed by atoms with Crippen LogP contribution in [0.3, 0.4) is 0 Å². The van der Waals surface area contributed by atoms with E-state index in [1.165, 1.54) is 0 Å². The molecule has 0 saturated heterocycles. The molecule has 1 unspecified atom stereocenters. The monoisotopic (exact) mass is 280 g/mol. The molecule has 0 spiro atoms. The van der Waals surface area contributed by atoms with Gasteiger partial charge in [0, 0.05) is 13.5 Å². The van der Waals surface area contributed by atoms with Crippen molar-refractivity contribution < 1.29 is 9.84 Å². The lowest BCUT2D eigenvalue weighted by atomic mass is 10.2. The van der Waals surface area contributed by atoms with Gasteiger partial charge in [0.25, 0.3) is 0 Å². The largest absolute Gasteiger partial charge is 0.491 e. The first-order valence-electron chi connectivity index (χ1n) is 6.12. The van der Waals surface area contributed by atoms with Crippen molar-refractivity contribution >= 4 is 11.6 Å². The Balaban J connectivity index is 1.92. The number of aryl methyl sites for hydroxylation is 2. The average Bonchev–Trinajstić information content (AvgIpc) is 2.64. The number of aliphatic hydroxyl groups is 1. The highest BCUT2D eigenvalue weighted by Gasteiger charge is 2.15. The van der Waals surface area contributed by atoms with Crippen molar-refractivity contribution in [3.8, 4) is 5.75 Å². The number of hydrogen-bond donors (Lipinski definition) is 1. The number of nitrogens with zero attached hydrogens (tertiary/aromatic N) is 2. The van der Waals surface area contributed by atoms with E-state index in [1.807, 2.05) is 44.3 Å². The van der Waals surface area contributed by atoms with Crippen LogP contribution in [0.4, 0.5) is 0 Å². The number of para-hydroxylation sites is 1. The van der Waals surface area contributed by atoms with Crippen LogP contribution in [0.15, 0.2) is 30.3 Å². The van der Waals surface area contributed by atoms with Crippen molar-refractivity contribution in [3.05, 3.63) is 46.7 Å². The Bertz CT molecular complexity index is 540. The molecule has 1 aromatic heterocycles. The highest BCUT2D eigenvalue weighted by molar-refractivity contribution is 6.31. The maximum atomic E-state index is 10.00. The van der Waals surface area contributed by atoms with Crippen LogP contribution in [-0.4, -0.2) is 27.6 Å². The predicted octanol–water partition coefficient (Wildman–Crippen LogP) is 2.36. The van der Waals surface area contributed by atoms with E-state index < -0.39 is 6.10 Å². The van der Waals surface area contributed by atoms with Gasteiger partial charge in [0.2, 0.25) is 0 Å². The first-order chi connectivity index (χ1) is 9.08. The summed E-state index contributed by atoms with van der Waals surface area (Å²) in [5.74, 6) is 0.744. The van der Waals surface area contributed by atoms with Gasteiger partial charge in [0.15, 0.2) is 0 Å². The molecule has 0 aliphatic heterocycles. The van der Waals surface area contributed by atoms with E-state index in [-0.39, 0.29) is 6.61 Å². The van der Waals surface area contributed by atoms with Gasteiger partial charge in [-0.15, -0.1) is 0 Å². The van der Waals surface area contributed by atoms with Crippen molar-refractivity contribution in [2.24, 2.45) is 7.05 Å². The van der Waals surface area contributed by atoms with Crippen LogP contribution in [0.5, 0.6) is 5.75 Å². The Kier molecular flexibility index (Phi) is 4.45. The Labute approximate surface area is 117 Å². The number of aromatic nitrogens is 2. The molecule has 1 atom stereocenters. The molecule has 2 aromatic rings. The third-order valence-electron chi connectivity index (χ3n) is 2.88. The van der Waals surface area contributed by atoms with Crippen molar-refractivity contribution in [3.63, 3.8) is 0 Å². The van der Waals surface area contributed by atoms with E-state index in [2.05, 4.69) is 5.10 Å². The highest BCUT2D eigenvalue weighted by atomic mass is 35.5. The minimum Gasteiger partial charge on any atom is -0.491 e. The van der Waals surface area contributed by atoms with Crippen LogP contribution in [0.1, 0.15) is 11.4 Å². The summed E-state index contributed by atoms with van der Waals surface area (Å²) in [5.41, 5.74) is 1.60. The van der Waals surface area contributed by atoms with E-state index >= 15 is 0 Å². The third kappa shape index (κ3) is 3.49. The maximum absolute atomic E-state index is 10.00.